The normalized spacial score (nSPS) is 13.6. The third kappa shape index (κ3) is 9.81. The fourth-order valence-corrected chi connectivity index (χ4v) is 6.35. The lowest BCUT2D eigenvalue weighted by Gasteiger charge is -2.25. The highest BCUT2D eigenvalue weighted by Crippen LogP contribution is 2.29. The molecule has 2 atom stereocenters. The van der Waals surface area contributed by atoms with Crippen molar-refractivity contribution in [2.24, 2.45) is 0 Å². The fraction of sp³-hybridized carbons (Fsp3) is 0.387. The molecule has 0 aliphatic rings. The van der Waals surface area contributed by atoms with Crippen molar-refractivity contribution in [1.82, 2.24) is 14.9 Å². The molecule has 0 aliphatic heterocycles. The summed E-state index contributed by atoms with van der Waals surface area (Å²) in [6.45, 7) is 4.08. The SMILES string of the molecule is CCCN(CCC)S(=O)(=O)c1cccc(C(=O)N[C@@H](Cc2cc(F)cc(F)c2)[C@H](O)CNCc2cccc(C(F)(F)F)c2)c1. The Balaban J connectivity index is 1.81. The summed E-state index contributed by atoms with van der Waals surface area (Å²) in [6.07, 6.45) is -4.88. The van der Waals surface area contributed by atoms with E-state index in [-0.39, 0.29) is 35.5 Å². The van der Waals surface area contributed by atoms with Gasteiger partial charge in [-0.15, -0.1) is 0 Å². The van der Waals surface area contributed by atoms with E-state index in [0.717, 1.165) is 24.3 Å². The zero-order valence-electron chi connectivity index (χ0n) is 24.4. The largest absolute Gasteiger partial charge is 0.416 e. The zero-order chi connectivity index (χ0) is 32.5. The van der Waals surface area contributed by atoms with Gasteiger partial charge in [-0.05, 0) is 66.8 Å². The highest BCUT2D eigenvalue weighted by Gasteiger charge is 2.30. The number of amides is 1. The Hall–Kier alpha value is -3.39. The Morgan fingerprint density at radius 1 is 0.909 bits per heavy atom. The third-order valence-corrected chi connectivity index (χ3v) is 8.67. The highest BCUT2D eigenvalue weighted by atomic mass is 32.2. The first kappa shape index (κ1) is 35.1. The molecule has 0 spiro atoms. The molecule has 0 aromatic heterocycles. The number of alkyl halides is 3. The molecule has 0 radical (unpaired) electrons. The molecule has 0 saturated carbocycles. The predicted molar refractivity (Wildman–Crippen MR) is 156 cm³/mol. The molecule has 0 fully saturated rings. The van der Waals surface area contributed by atoms with Gasteiger partial charge in [0.05, 0.1) is 22.6 Å². The number of carbonyl (C=O) groups excluding carboxylic acids is 1. The van der Waals surface area contributed by atoms with Gasteiger partial charge in [0.25, 0.3) is 5.91 Å². The molecule has 3 aromatic rings. The number of hydrogen-bond donors (Lipinski definition) is 3. The van der Waals surface area contributed by atoms with Crippen LogP contribution in [-0.4, -0.2) is 55.5 Å². The molecule has 0 heterocycles. The topological polar surface area (TPSA) is 98.7 Å². The highest BCUT2D eigenvalue weighted by molar-refractivity contribution is 7.89. The summed E-state index contributed by atoms with van der Waals surface area (Å²) in [5.41, 5.74) is -0.403. The lowest BCUT2D eigenvalue weighted by atomic mass is 10.00. The van der Waals surface area contributed by atoms with Crippen molar-refractivity contribution in [3.8, 4) is 0 Å². The van der Waals surface area contributed by atoms with Crippen LogP contribution >= 0.6 is 0 Å². The average molecular weight is 642 g/mol. The maximum Gasteiger partial charge on any atom is 0.416 e. The Morgan fingerprint density at radius 2 is 1.55 bits per heavy atom. The number of aliphatic hydroxyl groups excluding tert-OH is 1. The van der Waals surface area contributed by atoms with Crippen molar-refractivity contribution < 1.29 is 40.3 Å². The van der Waals surface area contributed by atoms with E-state index in [2.05, 4.69) is 10.6 Å². The molecule has 0 aliphatic carbocycles. The van der Waals surface area contributed by atoms with E-state index in [1.807, 2.05) is 13.8 Å². The number of nitrogens with one attached hydrogen (secondary N) is 2. The molecule has 3 N–H and O–H groups in total. The van der Waals surface area contributed by atoms with Gasteiger partial charge >= 0.3 is 6.18 Å². The number of hydrogen-bond acceptors (Lipinski definition) is 5. The van der Waals surface area contributed by atoms with Crippen LogP contribution in [0.4, 0.5) is 22.0 Å². The summed E-state index contributed by atoms with van der Waals surface area (Å²) in [5, 5.41) is 16.5. The number of aliphatic hydroxyl groups is 1. The molecule has 1 amide bonds. The monoisotopic (exact) mass is 641 g/mol. The van der Waals surface area contributed by atoms with E-state index in [4.69, 9.17) is 0 Å². The minimum Gasteiger partial charge on any atom is -0.390 e. The zero-order valence-corrected chi connectivity index (χ0v) is 25.2. The first-order chi connectivity index (χ1) is 20.7. The summed E-state index contributed by atoms with van der Waals surface area (Å²) in [4.78, 5) is 13.2. The second kappa shape index (κ2) is 15.6. The molecule has 7 nitrogen and oxygen atoms in total. The van der Waals surface area contributed by atoms with Crippen molar-refractivity contribution in [3.05, 3.63) is 101 Å². The Bertz CT molecular complexity index is 1490. The van der Waals surface area contributed by atoms with Crippen LogP contribution in [-0.2, 0) is 29.2 Å². The lowest BCUT2D eigenvalue weighted by Crippen LogP contribution is -2.48. The number of benzene rings is 3. The summed E-state index contributed by atoms with van der Waals surface area (Å²) >= 11 is 0. The van der Waals surface area contributed by atoms with Crippen LogP contribution in [0.15, 0.2) is 71.6 Å². The standard InChI is InChI=1S/C31H36F5N3O4S/c1-3-11-39(12-4-2)44(42,43)27-10-6-8-23(17-27)30(41)38-28(16-22-14-25(32)18-26(33)15-22)29(40)20-37-19-21-7-5-9-24(13-21)31(34,35)36/h5-10,13-15,17-18,28-29,37,40H,3-4,11-12,16,19-20H2,1-2H3,(H,38,41)/t28-,29+/m0/s1. The molecule has 3 aromatic carbocycles. The van der Waals surface area contributed by atoms with Crippen LogP contribution in [0.1, 0.15) is 53.7 Å². The number of rotatable bonds is 15. The smallest absolute Gasteiger partial charge is 0.390 e. The summed E-state index contributed by atoms with van der Waals surface area (Å²) < 4.78 is 94.8. The van der Waals surface area contributed by atoms with Crippen molar-refractivity contribution in [1.29, 1.82) is 0 Å². The third-order valence-electron chi connectivity index (χ3n) is 6.78. The van der Waals surface area contributed by atoms with Crippen LogP contribution in [0.5, 0.6) is 0 Å². The van der Waals surface area contributed by atoms with Crippen molar-refractivity contribution in [3.63, 3.8) is 0 Å². The van der Waals surface area contributed by atoms with Crippen LogP contribution in [0.3, 0.4) is 0 Å². The number of halogens is 5. The van der Waals surface area contributed by atoms with Gasteiger partial charge in [-0.1, -0.05) is 38.1 Å². The van der Waals surface area contributed by atoms with Crippen LogP contribution in [0.2, 0.25) is 0 Å². The molecule has 3 rings (SSSR count). The Labute approximate surface area is 254 Å². The van der Waals surface area contributed by atoms with Gasteiger partial charge in [0, 0.05) is 37.8 Å². The molecule has 44 heavy (non-hydrogen) atoms. The van der Waals surface area contributed by atoms with Crippen molar-refractivity contribution in [2.45, 2.75) is 62.9 Å². The second-order valence-electron chi connectivity index (χ2n) is 10.4. The fourth-order valence-electron chi connectivity index (χ4n) is 4.68. The first-order valence-electron chi connectivity index (χ1n) is 14.2. The summed E-state index contributed by atoms with van der Waals surface area (Å²) in [5.74, 6) is -2.45. The van der Waals surface area contributed by atoms with E-state index in [9.17, 15) is 40.3 Å². The maximum atomic E-state index is 13.9. The van der Waals surface area contributed by atoms with Crippen molar-refractivity contribution in [2.75, 3.05) is 19.6 Å². The maximum absolute atomic E-state index is 13.9. The molecular weight excluding hydrogens is 605 g/mol. The van der Waals surface area contributed by atoms with Gasteiger partial charge < -0.3 is 15.7 Å². The number of nitrogens with zero attached hydrogens (tertiary/aromatic N) is 1. The van der Waals surface area contributed by atoms with Gasteiger partial charge in [0.15, 0.2) is 0 Å². The number of carbonyl (C=O) groups is 1. The summed E-state index contributed by atoms with van der Waals surface area (Å²) in [6, 6.07) is 11.7. The molecule has 0 bridgehead atoms. The van der Waals surface area contributed by atoms with Crippen molar-refractivity contribution >= 4 is 15.9 Å². The Kier molecular flexibility index (Phi) is 12.4. The minimum atomic E-state index is -4.52. The van der Waals surface area contributed by atoms with Gasteiger partial charge in [0.1, 0.15) is 11.6 Å². The van der Waals surface area contributed by atoms with Gasteiger partial charge in [0.2, 0.25) is 10.0 Å². The number of sulfonamides is 1. The van der Waals surface area contributed by atoms with E-state index < -0.39 is 51.5 Å². The quantitative estimate of drug-likeness (QED) is 0.196. The summed E-state index contributed by atoms with van der Waals surface area (Å²) in [7, 11) is -3.89. The van der Waals surface area contributed by atoms with E-state index >= 15 is 0 Å². The molecule has 0 unspecified atom stereocenters. The lowest BCUT2D eigenvalue weighted by molar-refractivity contribution is -0.137. The van der Waals surface area contributed by atoms with Crippen LogP contribution < -0.4 is 10.6 Å². The molecule has 13 heteroatoms. The van der Waals surface area contributed by atoms with Gasteiger partial charge in [-0.2, -0.15) is 17.5 Å². The Morgan fingerprint density at radius 3 is 2.16 bits per heavy atom. The van der Waals surface area contributed by atoms with E-state index in [0.29, 0.717) is 37.6 Å². The molecule has 0 saturated heterocycles. The van der Waals surface area contributed by atoms with E-state index in [1.54, 1.807) is 0 Å². The van der Waals surface area contributed by atoms with Crippen LogP contribution in [0, 0.1) is 11.6 Å². The average Bonchev–Trinajstić information content (AvgIpc) is 2.96. The second-order valence-corrected chi connectivity index (χ2v) is 12.3. The van der Waals surface area contributed by atoms with Gasteiger partial charge in [-0.25, -0.2) is 17.2 Å². The van der Waals surface area contributed by atoms with E-state index in [1.165, 1.54) is 40.7 Å². The minimum absolute atomic E-state index is 0.0152. The first-order valence-corrected chi connectivity index (χ1v) is 15.6. The van der Waals surface area contributed by atoms with Crippen LogP contribution in [0.25, 0.3) is 0 Å². The molecular formula is C31H36F5N3O4S. The predicted octanol–water partition coefficient (Wildman–Crippen LogP) is 5.29. The van der Waals surface area contributed by atoms with Gasteiger partial charge in [-0.3, -0.25) is 4.79 Å². The molecule has 240 valence electrons.